The zero-order valence-corrected chi connectivity index (χ0v) is 24.7. The number of amides is 1. The Morgan fingerprint density at radius 1 is 1.29 bits per heavy atom. The molecule has 0 radical (unpaired) electrons. The fraction of sp³-hybridized carbons (Fsp3) is 0.290. The Balaban J connectivity index is 2.05. The number of nitrogens with zero attached hydrogens (tertiary/aromatic N) is 5. The second-order valence-electron chi connectivity index (χ2n) is 10.2. The minimum atomic E-state index is -0.769. The number of anilines is 1. The van der Waals surface area contributed by atoms with Crippen molar-refractivity contribution in [1.82, 2.24) is 19.4 Å². The number of ether oxygens (including phenoxy) is 1. The molecule has 1 atom stereocenters. The second-order valence-corrected chi connectivity index (χ2v) is 10.6. The Labute approximate surface area is 248 Å². The van der Waals surface area contributed by atoms with E-state index in [1.54, 1.807) is 17.0 Å². The summed E-state index contributed by atoms with van der Waals surface area (Å²) in [5, 5.41) is 9.50. The van der Waals surface area contributed by atoms with E-state index in [4.69, 9.17) is 26.4 Å². The van der Waals surface area contributed by atoms with Crippen LogP contribution in [0.3, 0.4) is 0 Å². The van der Waals surface area contributed by atoms with Crippen LogP contribution in [0.2, 0.25) is 5.02 Å². The van der Waals surface area contributed by atoms with E-state index in [-0.39, 0.29) is 39.8 Å². The van der Waals surface area contributed by atoms with Crippen molar-refractivity contribution in [3.8, 4) is 11.4 Å². The number of hydrogen-bond acceptors (Lipinski definition) is 7. The quantitative estimate of drug-likeness (QED) is 0.202. The summed E-state index contributed by atoms with van der Waals surface area (Å²) in [6.45, 7) is 14.5. The first-order valence-electron chi connectivity index (χ1n) is 13.4. The Bertz CT molecular complexity index is 1680. The molecule has 3 heterocycles. The number of carbonyl (C=O) groups is 1. The Morgan fingerprint density at radius 3 is 2.64 bits per heavy atom. The lowest BCUT2D eigenvalue weighted by Crippen LogP contribution is -2.54. The van der Waals surface area contributed by atoms with Crippen molar-refractivity contribution in [2.24, 2.45) is 0 Å². The molecule has 3 aromatic rings. The first kappa shape index (κ1) is 30.5. The van der Waals surface area contributed by atoms with Crippen molar-refractivity contribution in [1.29, 1.82) is 0 Å². The van der Waals surface area contributed by atoms with Crippen LogP contribution in [0.25, 0.3) is 22.3 Å². The fourth-order valence-corrected chi connectivity index (χ4v) is 5.36. The summed E-state index contributed by atoms with van der Waals surface area (Å²) >= 11 is 6.68. The lowest BCUT2D eigenvalue weighted by atomic mass is 10.00. The third-order valence-electron chi connectivity index (χ3n) is 7.19. The number of pyridine rings is 1. The van der Waals surface area contributed by atoms with Crippen LogP contribution in [-0.2, 0) is 4.79 Å². The van der Waals surface area contributed by atoms with Gasteiger partial charge in [-0.3, -0.25) is 4.79 Å². The monoisotopic (exact) mass is 593 g/mol. The van der Waals surface area contributed by atoms with Gasteiger partial charge >= 0.3 is 5.69 Å². The average molecular weight is 594 g/mol. The van der Waals surface area contributed by atoms with E-state index in [2.05, 4.69) is 18.1 Å². The van der Waals surface area contributed by atoms with Crippen LogP contribution >= 0.6 is 11.6 Å². The maximum Gasteiger partial charge on any atom is 0.355 e. The predicted octanol–water partition coefficient (Wildman–Crippen LogP) is 5.73. The van der Waals surface area contributed by atoms with Gasteiger partial charge in [-0.15, -0.1) is 0 Å². The molecule has 0 spiro atoms. The summed E-state index contributed by atoms with van der Waals surface area (Å²) < 4.78 is 22.0. The molecule has 1 aliphatic rings. The number of fused-ring (bicyclic) bond motifs is 1. The number of aromatic nitrogens is 3. The van der Waals surface area contributed by atoms with Gasteiger partial charge in [-0.2, -0.15) is 4.98 Å². The Morgan fingerprint density at radius 2 is 2.02 bits per heavy atom. The maximum atomic E-state index is 14.9. The molecule has 0 bridgehead atoms. The third-order valence-corrected chi connectivity index (χ3v) is 7.47. The highest BCUT2D eigenvalue weighted by atomic mass is 35.5. The number of allylic oxidation sites excluding steroid dienone is 4. The number of methoxy groups -OCH3 is 1. The van der Waals surface area contributed by atoms with E-state index in [1.165, 1.54) is 17.8 Å². The van der Waals surface area contributed by atoms with Crippen LogP contribution in [0.4, 0.5) is 10.2 Å². The summed E-state index contributed by atoms with van der Waals surface area (Å²) in [4.78, 5) is 39.1. The molecular formula is C31H33ClFN5O4. The highest BCUT2D eigenvalue weighted by Crippen LogP contribution is 2.37. The number of halogens is 2. The first-order valence-corrected chi connectivity index (χ1v) is 13.8. The second kappa shape index (κ2) is 12.6. The molecule has 1 N–H and O–H groups in total. The molecule has 1 fully saturated rings. The van der Waals surface area contributed by atoms with Gasteiger partial charge in [-0.1, -0.05) is 50.7 Å². The van der Waals surface area contributed by atoms with E-state index < -0.39 is 11.5 Å². The summed E-state index contributed by atoms with van der Waals surface area (Å²) in [5.41, 5.74) is 0.722. The molecule has 220 valence electrons. The first-order chi connectivity index (χ1) is 20.0. The van der Waals surface area contributed by atoms with Crippen molar-refractivity contribution in [3.63, 3.8) is 0 Å². The molecular weight excluding hydrogens is 561 g/mol. The minimum absolute atomic E-state index is 0.000365. The van der Waals surface area contributed by atoms with Crippen LogP contribution in [-0.4, -0.2) is 63.2 Å². The molecule has 1 aromatic carbocycles. The SMILES string of the molecule is C=CC(=O)N1CCN(c2nc(=O)n(-c3c(OC)cccc3C(C)C)c3nc(C(=C)/C(F)=C\C=C/O)c(Cl)cc23)C(C)C1. The van der Waals surface area contributed by atoms with Gasteiger partial charge in [0.15, 0.2) is 5.65 Å². The average Bonchev–Trinajstić information content (AvgIpc) is 2.98. The molecule has 42 heavy (non-hydrogen) atoms. The van der Waals surface area contributed by atoms with Crippen molar-refractivity contribution in [3.05, 3.63) is 94.5 Å². The highest BCUT2D eigenvalue weighted by Gasteiger charge is 2.30. The molecule has 1 aliphatic heterocycles. The smallest absolute Gasteiger partial charge is 0.355 e. The largest absolute Gasteiger partial charge is 0.516 e. The lowest BCUT2D eigenvalue weighted by molar-refractivity contribution is -0.126. The summed E-state index contributed by atoms with van der Waals surface area (Å²) in [6.07, 6.45) is 4.10. The van der Waals surface area contributed by atoms with Gasteiger partial charge in [0.2, 0.25) is 5.91 Å². The summed E-state index contributed by atoms with van der Waals surface area (Å²) in [5.74, 6) is -0.170. The Kier molecular flexibility index (Phi) is 9.16. The topological polar surface area (TPSA) is 101 Å². The third kappa shape index (κ3) is 5.67. The number of rotatable bonds is 8. The van der Waals surface area contributed by atoms with Gasteiger partial charge in [0, 0.05) is 31.2 Å². The zero-order valence-electron chi connectivity index (χ0n) is 24.0. The summed E-state index contributed by atoms with van der Waals surface area (Å²) in [6, 6.07) is 6.86. The van der Waals surface area contributed by atoms with E-state index in [1.807, 2.05) is 37.8 Å². The van der Waals surface area contributed by atoms with Gasteiger partial charge < -0.3 is 19.6 Å². The van der Waals surface area contributed by atoms with Crippen LogP contribution in [0.1, 0.15) is 37.9 Å². The van der Waals surface area contributed by atoms with Crippen molar-refractivity contribution >= 4 is 39.9 Å². The van der Waals surface area contributed by atoms with Crippen molar-refractivity contribution < 1.29 is 19.0 Å². The normalized spacial score (nSPS) is 16.0. The number of aliphatic hydroxyl groups excluding tert-OH is 1. The number of carbonyl (C=O) groups excluding carboxylic acids is 1. The Hall–Kier alpha value is -4.44. The molecule has 0 aliphatic carbocycles. The van der Waals surface area contributed by atoms with Gasteiger partial charge in [0.1, 0.15) is 17.4 Å². The molecule has 1 saturated heterocycles. The zero-order chi connectivity index (χ0) is 30.7. The van der Waals surface area contributed by atoms with E-state index in [0.29, 0.717) is 48.5 Å². The standard InChI is InChI=1S/C31H33ClFN5O4/c1-7-26(40)36-13-14-37(19(4)17-36)29-22-16-23(32)27(20(5)24(33)11-9-15-39)34-30(22)38(31(41)35-29)28-21(18(2)3)10-8-12-25(28)42-6/h7-12,15-16,18-19,39H,1,5,13-14,17H2,2-4,6H3/b15-9-,24-11+. The van der Waals surface area contributed by atoms with Crippen molar-refractivity contribution in [2.75, 3.05) is 31.6 Å². The maximum absolute atomic E-state index is 14.9. The van der Waals surface area contributed by atoms with Crippen LogP contribution in [0.5, 0.6) is 5.75 Å². The number of benzene rings is 1. The molecule has 2 aromatic heterocycles. The van der Waals surface area contributed by atoms with Crippen molar-refractivity contribution in [2.45, 2.75) is 32.7 Å². The molecule has 4 rings (SSSR count). The number of aliphatic hydroxyl groups is 1. The molecule has 9 nitrogen and oxygen atoms in total. The highest BCUT2D eigenvalue weighted by molar-refractivity contribution is 6.33. The number of hydrogen-bond donors (Lipinski definition) is 1. The minimum Gasteiger partial charge on any atom is -0.516 e. The molecule has 1 unspecified atom stereocenters. The van der Waals surface area contributed by atoms with Gasteiger partial charge in [-0.25, -0.2) is 18.7 Å². The van der Waals surface area contributed by atoms with Gasteiger partial charge in [0.05, 0.1) is 35.2 Å². The molecule has 11 heteroatoms. The van der Waals surface area contributed by atoms with Gasteiger partial charge in [-0.05, 0) is 48.8 Å². The van der Waals surface area contributed by atoms with E-state index in [0.717, 1.165) is 17.7 Å². The number of piperazine rings is 1. The molecule has 0 saturated carbocycles. The number of para-hydroxylation sites is 1. The fourth-order valence-electron chi connectivity index (χ4n) is 5.09. The van der Waals surface area contributed by atoms with Gasteiger partial charge in [0.25, 0.3) is 0 Å². The molecule has 1 amide bonds. The lowest BCUT2D eigenvalue weighted by Gasteiger charge is -2.40. The van der Waals surface area contributed by atoms with Crippen LogP contribution in [0, 0.1) is 0 Å². The van der Waals surface area contributed by atoms with E-state index >= 15 is 0 Å². The predicted molar refractivity (Wildman–Crippen MR) is 164 cm³/mol. The summed E-state index contributed by atoms with van der Waals surface area (Å²) in [7, 11) is 1.51. The van der Waals surface area contributed by atoms with Crippen LogP contribution in [0.15, 0.2) is 72.5 Å². The van der Waals surface area contributed by atoms with Crippen LogP contribution < -0.4 is 15.3 Å². The van der Waals surface area contributed by atoms with E-state index in [9.17, 15) is 14.0 Å².